The molecule has 2 saturated heterocycles. The number of nitrogens with two attached hydrogens (primary N) is 3. The van der Waals surface area contributed by atoms with Crippen molar-refractivity contribution in [2.45, 2.75) is 93.4 Å². The van der Waals surface area contributed by atoms with E-state index in [2.05, 4.69) is 52.8 Å². The van der Waals surface area contributed by atoms with Gasteiger partial charge in [-0.2, -0.15) is 0 Å². The van der Waals surface area contributed by atoms with Gasteiger partial charge < -0.3 is 85.7 Å². The number of hydrogen-bond acceptors (Lipinski definition) is 19. The molecule has 2 bridgehead atoms. The van der Waals surface area contributed by atoms with Crippen molar-refractivity contribution < 1.29 is 77.6 Å². The van der Waals surface area contributed by atoms with Gasteiger partial charge in [0.15, 0.2) is 12.5 Å². The van der Waals surface area contributed by atoms with Gasteiger partial charge in [0.1, 0.15) is 48.3 Å². The van der Waals surface area contributed by atoms with Crippen molar-refractivity contribution in [2.24, 2.45) is 22.2 Å². The van der Waals surface area contributed by atoms with Crippen LogP contribution in [-0.4, -0.2) is 189 Å². The molecule has 1 radical (unpaired) electrons. The van der Waals surface area contributed by atoms with Gasteiger partial charge in [-0.05, 0) is 25.3 Å². The van der Waals surface area contributed by atoms with E-state index in [0.717, 1.165) is 43.2 Å². The fourth-order valence-corrected chi connectivity index (χ4v) is 11.2. The van der Waals surface area contributed by atoms with Crippen LogP contribution in [-0.2, 0) is 68.7 Å². The van der Waals surface area contributed by atoms with Crippen molar-refractivity contribution in [3.8, 4) is 0 Å². The fraction of sp³-hybridized carbons (Fsp3) is 0.500. The topological polar surface area (TPSA) is 493 Å². The molecule has 2 fully saturated rings. The number of benzene rings is 1. The van der Waals surface area contributed by atoms with Gasteiger partial charge in [-0.15, -0.1) is 0 Å². The summed E-state index contributed by atoms with van der Waals surface area (Å²) in [5.74, 6) is -17.5. The van der Waals surface area contributed by atoms with Crippen LogP contribution in [0.4, 0.5) is 0 Å². The lowest BCUT2D eigenvalue weighted by atomic mass is 10.0. The maximum Gasteiger partial charge on any atom is 0.329 e. The summed E-state index contributed by atoms with van der Waals surface area (Å²) in [6.07, 6.45) is -2.52. The molecule has 76 heavy (non-hydrogen) atoms. The minimum Gasteiger partial charge on any atom is -0.481 e. The van der Waals surface area contributed by atoms with Crippen molar-refractivity contribution in [3.05, 3.63) is 42.4 Å². The number of carbonyl (C=O) groups is 13. The standard InChI is InChI=1S/C42H59N14O16S4/c1-19(43)33(64)53-26-16-74-73-15-25(35(66)48-14-32(62)63)54-36(67)22(10-20-6-3-2-4-7-20)51-41(72)28-18-76-75-17-27(56-38(69)24(12-31(60)61)52-40(26)71)39(70)50-21(8-5-9-46-42(44)45)34(65)47-13-29(57)49-23(11-30(58)59)37(68)55-28/h2-4,6-7,14,19,21-28H,5,8-13,15-18,43H2,1H3,(H,47,65)(H,48,66)(H,49,57)(H,50,70)(H,51,72)(H,52,71)(H,53,64)(H,54,67)(H,55,68)(H,56,69)(H,58,59)(H,60,61)(H,62,63)(H4,44,45,46). The van der Waals surface area contributed by atoms with Crippen LogP contribution >= 0.6 is 43.2 Å². The summed E-state index contributed by atoms with van der Waals surface area (Å²) in [5, 5.41) is 52.2. The molecule has 19 N–H and O–H groups in total. The van der Waals surface area contributed by atoms with Crippen LogP contribution < -0.4 is 70.4 Å². The highest BCUT2D eigenvalue weighted by atomic mass is 33.1. The number of amides is 10. The van der Waals surface area contributed by atoms with Crippen molar-refractivity contribution >= 4 is 126 Å². The molecule has 417 valence electrons. The number of carboxylic acid groups (broad SMARTS) is 3. The van der Waals surface area contributed by atoms with Crippen molar-refractivity contribution in [2.75, 3.05) is 36.1 Å². The number of aliphatic carboxylic acids is 3. The van der Waals surface area contributed by atoms with E-state index in [1.807, 2.05) is 5.32 Å². The van der Waals surface area contributed by atoms with Gasteiger partial charge in [-0.1, -0.05) is 73.5 Å². The van der Waals surface area contributed by atoms with E-state index in [1.165, 1.54) is 6.92 Å². The van der Waals surface area contributed by atoms with Gasteiger partial charge in [0, 0.05) is 36.0 Å². The van der Waals surface area contributed by atoms with Gasteiger partial charge in [-0.25, -0.2) is 4.79 Å². The number of rotatable bonds is 15. The highest BCUT2D eigenvalue weighted by molar-refractivity contribution is 8.77. The van der Waals surface area contributed by atoms with Gasteiger partial charge >= 0.3 is 17.9 Å². The Hall–Kier alpha value is -7.04. The zero-order valence-corrected chi connectivity index (χ0v) is 43.7. The van der Waals surface area contributed by atoms with E-state index in [1.54, 1.807) is 30.3 Å². The molecule has 2 aliphatic heterocycles. The largest absolute Gasteiger partial charge is 0.481 e. The summed E-state index contributed by atoms with van der Waals surface area (Å²) in [7, 11) is 3.21. The molecule has 10 amide bonds. The lowest BCUT2D eigenvalue weighted by Gasteiger charge is -2.27. The number of carbonyl (C=O) groups excluding carboxylic acids is 10. The predicted molar refractivity (Wildman–Crippen MR) is 277 cm³/mol. The lowest BCUT2D eigenvalue weighted by Crippen LogP contribution is -2.60. The molecule has 2 heterocycles. The maximum absolute atomic E-state index is 14.4. The Kier molecular flexibility index (Phi) is 27.0. The summed E-state index contributed by atoms with van der Waals surface area (Å²) in [6, 6.07) is -6.51. The lowest BCUT2D eigenvalue weighted by molar-refractivity contribution is -0.141. The molecule has 9 atom stereocenters. The minimum absolute atomic E-state index is 0.0436. The molecule has 3 rings (SSSR count). The molecular weight excluding hydrogens is 1080 g/mol. The number of carboxylic acids is 3. The first-order valence-electron chi connectivity index (χ1n) is 22.8. The van der Waals surface area contributed by atoms with Crippen LogP contribution in [0.2, 0.25) is 0 Å². The molecule has 0 spiro atoms. The number of nitrogens with zero attached hydrogens (tertiary/aromatic N) is 1. The van der Waals surface area contributed by atoms with Crippen LogP contribution in [0.15, 0.2) is 35.3 Å². The Bertz CT molecular complexity index is 2330. The zero-order valence-electron chi connectivity index (χ0n) is 40.4. The molecular formula is C42H59N14O16S4. The van der Waals surface area contributed by atoms with Crippen molar-refractivity contribution in [3.63, 3.8) is 0 Å². The molecule has 1 aromatic rings. The molecule has 0 aromatic heterocycles. The van der Waals surface area contributed by atoms with Gasteiger partial charge in [0.25, 0.3) is 0 Å². The highest BCUT2D eigenvalue weighted by Gasteiger charge is 2.36. The Morgan fingerprint density at radius 1 is 0.671 bits per heavy atom. The second-order valence-electron chi connectivity index (χ2n) is 16.5. The van der Waals surface area contributed by atoms with Gasteiger partial charge in [0.2, 0.25) is 59.1 Å². The van der Waals surface area contributed by atoms with E-state index >= 15 is 0 Å². The number of guanidine groups is 1. The average Bonchev–Trinajstić information content (AvgIpc) is 3.35. The first kappa shape index (κ1) is 63.3. The van der Waals surface area contributed by atoms with Crippen LogP contribution in [0.1, 0.15) is 38.2 Å². The Morgan fingerprint density at radius 2 is 1.20 bits per heavy atom. The Labute approximate surface area is 449 Å². The second-order valence-corrected chi connectivity index (χ2v) is 21.6. The second kappa shape index (κ2) is 32.4. The minimum atomic E-state index is -1.96. The maximum atomic E-state index is 14.4. The molecule has 2 aliphatic rings. The van der Waals surface area contributed by atoms with Gasteiger partial charge in [0.05, 0.1) is 25.4 Å². The summed E-state index contributed by atoms with van der Waals surface area (Å²) < 4.78 is 0. The normalized spacial score (nSPS) is 24.6. The smallest absolute Gasteiger partial charge is 0.329 e. The molecule has 34 heteroatoms. The van der Waals surface area contributed by atoms with Crippen LogP contribution in [0.25, 0.3) is 0 Å². The van der Waals surface area contributed by atoms with Gasteiger partial charge in [-0.3, -0.25) is 62.5 Å². The first-order chi connectivity index (χ1) is 35.9. The highest BCUT2D eigenvalue weighted by Crippen LogP contribution is 2.25. The summed E-state index contributed by atoms with van der Waals surface area (Å²) in [4.78, 5) is 177. The first-order valence-corrected chi connectivity index (χ1v) is 27.7. The zero-order chi connectivity index (χ0) is 56.5. The Balaban J connectivity index is 2.24. The average molecular weight is 1140 g/mol. The molecule has 0 aliphatic carbocycles. The number of hydrogen-bond donors (Lipinski definition) is 16. The van der Waals surface area contributed by atoms with E-state index < -0.39 is 162 Å². The third-order valence-corrected chi connectivity index (χ3v) is 15.2. The summed E-state index contributed by atoms with van der Waals surface area (Å²) in [6.45, 7) is 0.738. The number of fused-ring (bicyclic) bond motifs is 5. The van der Waals surface area contributed by atoms with Crippen LogP contribution in [0.3, 0.4) is 0 Å². The van der Waals surface area contributed by atoms with E-state index in [9.17, 15) is 77.6 Å². The predicted octanol–water partition coefficient (Wildman–Crippen LogP) is -6.27. The SMILES string of the molecule is CC(N)C(=O)NC1CSSCC(C(=O)N[CH]C(=O)O)NC(=O)C(Cc2ccccc2)NC(=O)C2CSSCC(NC(=O)C(CC(=O)O)NC1=O)C(=O)NC(CCCN=C(N)N)C(=O)NCC(=O)NC(CC(=O)O)C(=O)N2. The molecule has 30 nitrogen and oxygen atoms in total. The molecule has 1 aromatic carbocycles. The van der Waals surface area contributed by atoms with Crippen LogP contribution in [0, 0.1) is 6.54 Å². The van der Waals surface area contributed by atoms with Crippen LogP contribution in [0.5, 0.6) is 0 Å². The van der Waals surface area contributed by atoms with E-state index in [-0.39, 0.29) is 43.3 Å². The summed E-state index contributed by atoms with van der Waals surface area (Å²) in [5.41, 5.74) is 17.1. The summed E-state index contributed by atoms with van der Waals surface area (Å²) >= 11 is 0. The van der Waals surface area contributed by atoms with Crippen molar-refractivity contribution in [1.82, 2.24) is 53.2 Å². The van der Waals surface area contributed by atoms with E-state index in [4.69, 9.17) is 17.2 Å². The van der Waals surface area contributed by atoms with E-state index in [0.29, 0.717) is 12.1 Å². The number of aliphatic imine (C=N–C) groups is 1. The Morgan fingerprint density at radius 3 is 1.75 bits per heavy atom. The third kappa shape index (κ3) is 23.2. The molecule has 0 saturated carbocycles. The molecule has 9 unspecified atom stereocenters. The quantitative estimate of drug-likeness (QED) is 0.0336. The fourth-order valence-electron chi connectivity index (χ4n) is 6.50. The third-order valence-electron chi connectivity index (χ3n) is 10.3. The number of nitrogens with one attached hydrogen (secondary N) is 10. The monoisotopic (exact) mass is 1140 g/mol. The van der Waals surface area contributed by atoms with Crippen molar-refractivity contribution in [1.29, 1.82) is 0 Å².